The molecule has 4 rings (SSSR count). The van der Waals surface area contributed by atoms with Gasteiger partial charge in [0.25, 0.3) is 5.91 Å². The van der Waals surface area contributed by atoms with Gasteiger partial charge in [-0.15, -0.1) is 0 Å². The van der Waals surface area contributed by atoms with Gasteiger partial charge in [-0.2, -0.15) is 0 Å². The number of rotatable bonds is 6. The van der Waals surface area contributed by atoms with Crippen LogP contribution in [0.3, 0.4) is 0 Å². The van der Waals surface area contributed by atoms with E-state index < -0.39 is 41.1 Å². The summed E-state index contributed by atoms with van der Waals surface area (Å²) < 4.78 is 47.8. The summed E-state index contributed by atoms with van der Waals surface area (Å²) in [6.45, 7) is 9.63. The third-order valence-electron chi connectivity index (χ3n) is 6.98. The van der Waals surface area contributed by atoms with Gasteiger partial charge in [-0.05, 0) is 65.3 Å². The second-order valence-electron chi connectivity index (χ2n) is 10.9. The zero-order valence-corrected chi connectivity index (χ0v) is 22.6. The number of nitrogens with one attached hydrogen (secondary N) is 2. The zero-order valence-electron chi connectivity index (χ0n) is 22.6. The van der Waals surface area contributed by atoms with Crippen LogP contribution >= 0.6 is 0 Å². The van der Waals surface area contributed by atoms with Gasteiger partial charge in [-0.25, -0.2) is 27.9 Å². The highest BCUT2D eigenvalue weighted by Crippen LogP contribution is 2.33. The molecule has 2 amide bonds. The number of anilines is 1. The maximum absolute atomic E-state index is 14.8. The number of nitrogens with zero attached hydrogens (tertiary/aromatic N) is 4. The Hall–Kier alpha value is -3.41. The van der Waals surface area contributed by atoms with Crippen molar-refractivity contribution in [1.29, 1.82) is 0 Å². The summed E-state index contributed by atoms with van der Waals surface area (Å²) in [5.41, 5.74) is -0.494. The van der Waals surface area contributed by atoms with Gasteiger partial charge < -0.3 is 25.2 Å². The smallest absolute Gasteiger partial charge is 0.407 e. The van der Waals surface area contributed by atoms with Gasteiger partial charge in [0.15, 0.2) is 11.6 Å². The molecule has 12 heteroatoms. The van der Waals surface area contributed by atoms with Crippen molar-refractivity contribution in [3.8, 4) is 0 Å². The second kappa shape index (κ2) is 11.8. The van der Waals surface area contributed by atoms with Crippen LogP contribution in [0.5, 0.6) is 0 Å². The highest BCUT2D eigenvalue weighted by atomic mass is 19.2. The third-order valence-corrected chi connectivity index (χ3v) is 6.98. The number of benzene rings is 1. The molecule has 3 heterocycles. The molecule has 0 saturated carbocycles. The van der Waals surface area contributed by atoms with E-state index in [1.807, 2.05) is 11.8 Å². The van der Waals surface area contributed by atoms with E-state index in [2.05, 4.69) is 20.6 Å². The minimum Gasteiger partial charge on any atom is -0.444 e. The summed E-state index contributed by atoms with van der Waals surface area (Å²) >= 11 is 0. The number of amides is 2. The lowest BCUT2D eigenvalue weighted by Gasteiger charge is -2.33. The van der Waals surface area contributed by atoms with E-state index in [0.717, 1.165) is 32.0 Å². The molecule has 212 valence electrons. The number of carbonyl (C=O) groups excluding carboxylic acids is 2. The highest BCUT2D eigenvalue weighted by Gasteiger charge is 2.39. The van der Waals surface area contributed by atoms with E-state index in [0.29, 0.717) is 18.2 Å². The molecule has 1 aromatic carbocycles. The number of ether oxygens (including phenoxy) is 1. The predicted molar refractivity (Wildman–Crippen MR) is 139 cm³/mol. The van der Waals surface area contributed by atoms with Crippen LogP contribution < -0.4 is 15.5 Å². The van der Waals surface area contributed by atoms with E-state index in [1.165, 1.54) is 12.4 Å². The Kier molecular flexibility index (Phi) is 8.63. The van der Waals surface area contributed by atoms with Crippen LogP contribution in [0.2, 0.25) is 0 Å². The van der Waals surface area contributed by atoms with Crippen molar-refractivity contribution in [2.24, 2.45) is 0 Å². The molecule has 0 aliphatic carbocycles. The van der Waals surface area contributed by atoms with Crippen LogP contribution in [-0.4, -0.2) is 77.3 Å². The van der Waals surface area contributed by atoms with Crippen molar-refractivity contribution < 1.29 is 27.5 Å². The highest BCUT2D eigenvalue weighted by molar-refractivity contribution is 5.94. The van der Waals surface area contributed by atoms with Crippen LogP contribution in [0.15, 0.2) is 24.5 Å². The Labute approximate surface area is 226 Å². The largest absolute Gasteiger partial charge is 0.444 e. The molecular formula is C27H35F3N6O3. The van der Waals surface area contributed by atoms with Crippen molar-refractivity contribution in [1.82, 2.24) is 25.5 Å². The summed E-state index contributed by atoms with van der Waals surface area (Å²) in [7, 11) is 0. The zero-order chi connectivity index (χ0) is 28.3. The molecule has 2 saturated heterocycles. The van der Waals surface area contributed by atoms with Gasteiger partial charge >= 0.3 is 6.09 Å². The molecule has 0 spiro atoms. The maximum Gasteiger partial charge on any atom is 0.407 e. The molecule has 0 radical (unpaired) electrons. The van der Waals surface area contributed by atoms with E-state index in [4.69, 9.17) is 4.74 Å². The number of hydrogen-bond donors (Lipinski definition) is 2. The summed E-state index contributed by atoms with van der Waals surface area (Å²) in [4.78, 5) is 38.0. The minimum absolute atomic E-state index is 0.0789. The van der Waals surface area contributed by atoms with E-state index >= 15 is 0 Å². The quantitative estimate of drug-likeness (QED) is 0.532. The first-order valence-electron chi connectivity index (χ1n) is 13.2. The standard InChI is InChI=1S/C27H35F3N6O3/c1-5-36(17-6-8-31-9-7-17)24(37)16-12-32-25(33-13-16)35-14-19(18-10-21(29)22(30)11-20(18)28)23(15-35)34-26(38)39-27(2,3)4/h10-13,17,19,23,31H,5-9,14-15H2,1-4H3,(H,34,38). The molecule has 0 bridgehead atoms. The molecule has 9 nitrogen and oxygen atoms in total. The van der Waals surface area contributed by atoms with Crippen LogP contribution in [0, 0.1) is 17.5 Å². The van der Waals surface area contributed by atoms with Gasteiger partial charge in [0.2, 0.25) is 5.95 Å². The average Bonchev–Trinajstić information content (AvgIpc) is 3.29. The van der Waals surface area contributed by atoms with Crippen LogP contribution in [-0.2, 0) is 4.74 Å². The molecule has 2 aliphatic rings. The van der Waals surface area contributed by atoms with Gasteiger partial charge in [-0.3, -0.25) is 4.79 Å². The third kappa shape index (κ3) is 6.78. The molecule has 1 aromatic heterocycles. The fourth-order valence-electron chi connectivity index (χ4n) is 5.16. The summed E-state index contributed by atoms with van der Waals surface area (Å²) in [6, 6.07) is 0.746. The predicted octanol–water partition coefficient (Wildman–Crippen LogP) is 3.61. The van der Waals surface area contributed by atoms with Gasteiger partial charge in [-0.1, -0.05) is 0 Å². The normalized spacial score (nSPS) is 20.1. The van der Waals surface area contributed by atoms with E-state index in [-0.39, 0.29) is 36.6 Å². The average molecular weight is 549 g/mol. The van der Waals surface area contributed by atoms with Gasteiger partial charge in [0.1, 0.15) is 11.4 Å². The molecule has 2 N–H and O–H groups in total. The SMILES string of the molecule is CCN(C(=O)c1cnc(N2CC(NC(=O)OC(C)(C)C)C(c3cc(F)c(F)cc3F)C2)nc1)C1CCNCC1. The van der Waals surface area contributed by atoms with Crippen molar-refractivity contribution in [3.63, 3.8) is 0 Å². The lowest BCUT2D eigenvalue weighted by atomic mass is 9.93. The van der Waals surface area contributed by atoms with Crippen molar-refractivity contribution in [3.05, 3.63) is 53.1 Å². The monoisotopic (exact) mass is 548 g/mol. The second-order valence-corrected chi connectivity index (χ2v) is 10.9. The van der Waals surface area contributed by atoms with Crippen molar-refractivity contribution in [2.45, 2.75) is 64.1 Å². The summed E-state index contributed by atoms with van der Waals surface area (Å²) in [6.07, 6.45) is 3.94. The topological polar surface area (TPSA) is 99.7 Å². The number of piperidine rings is 1. The fourth-order valence-corrected chi connectivity index (χ4v) is 5.16. The lowest BCUT2D eigenvalue weighted by Crippen LogP contribution is -2.46. The molecule has 2 aromatic rings. The molecule has 2 fully saturated rings. The molecular weight excluding hydrogens is 513 g/mol. The number of halogens is 3. The number of alkyl carbamates (subject to hydrolysis) is 1. The minimum atomic E-state index is -1.29. The Morgan fingerprint density at radius 2 is 1.72 bits per heavy atom. The van der Waals surface area contributed by atoms with Crippen molar-refractivity contribution in [2.75, 3.05) is 37.6 Å². The van der Waals surface area contributed by atoms with Gasteiger partial charge in [0.05, 0.1) is 11.6 Å². The Bertz CT molecular complexity index is 1180. The fraction of sp³-hybridized carbons (Fsp3) is 0.556. The summed E-state index contributed by atoms with van der Waals surface area (Å²) in [5.74, 6) is -4.03. The Balaban J connectivity index is 1.55. The van der Waals surface area contributed by atoms with E-state index in [9.17, 15) is 22.8 Å². The Morgan fingerprint density at radius 1 is 1.08 bits per heavy atom. The molecule has 2 aliphatic heterocycles. The van der Waals surface area contributed by atoms with Crippen LogP contribution in [0.25, 0.3) is 0 Å². The number of hydrogen-bond acceptors (Lipinski definition) is 7. The number of aromatic nitrogens is 2. The first-order chi connectivity index (χ1) is 18.5. The van der Waals surface area contributed by atoms with Crippen LogP contribution in [0.4, 0.5) is 23.9 Å². The summed E-state index contributed by atoms with van der Waals surface area (Å²) in [5, 5.41) is 6.02. The Morgan fingerprint density at radius 3 is 2.33 bits per heavy atom. The van der Waals surface area contributed by atoms with Crippen molar-refractivity contribution >= 4 is 17.9 Å². The first-order valence-corrected chi connectivity index (χ1v) is 13.2. The van der Waals surface area contributed by atoms with Gasteiger partial charge in [0, 0.05) is 50.1 Å². The first kappa shape index (κ1) is 28.6. The van der Waals surface area contributed by atoms with Crippen LogP contribution in [0.1, 0.15) is 62.4 Å². The molecule has 2 unspecified atom stereocenters. The number of carbonyl (C=O) groups is 2. The maximum atomic E-state index is 14.8. The van der Waals surface area contributed by atoms with E-state index in [1.54, 1.807) is 25.7 Å². The lowest BCUT2D eigenvalue weighted by molar-refractivity contribution is 0.0504. The molecule has 2 atom stereocenters. The molecule has 39 heavy (non-hydrogen) atoms.